The first kappa shape index (κ1) is 17.5. The van der Waals surface area contributed by atoms with Gasteiger partial charge in [-0.25, -0.2) is 0 Å². The zero-order chi connectivity index (χ0) is 18.7. The molecule has 0 aliphatic heterocycles. The molecule has 0 radical (unpaired) electrons. The van der Waals surface area contributed by atoms with Crippen LogP contribution in [0.1, 0.15) is 15.9 Å². The lowest BCUT2D eigenvalue weighted by Gasteiger charge is -2.12. The molecule has 1 aromatic heterocycles. The molecule has 0 fully saturated rings. The van der Waals surface area contributed by atoms with Crippen LogP contribution in [0.25, 0.3) is 10.8 Å². The average molecular weight is 352 g/mol. The van der Waals surface area contributed by atoms with Crippen molar-refractivity contribution < 1.29 is 14.3 Å². The molecule has 2 aromatic carbocycles. The molecule has 6 nitrogen and oxygen atoms in total. The molecule has 0 spiro atoms. The first-order valence-electron chi connectivity index (χ1n) is 8.12. The number of nitrogens with zero attached hydrogens (tertiary/aromatic N) is 1. The number of hydrogen-bond donors (Lipinski definition) is 1. The van der Waals surface area contributed by atoms with Crippen LogP contribution in [-0.4, -0.2) is 24.7 Å². The number of pyridine rings is 1. The fourth-order valence-corrected chi connectivity index (χ4v) is 2.87. The molecular weight excluding hydrogens is 332 g/mol. The lowest BCUT2D eigenvalue weighted by Crippen LogP contribution is -2.26. The number of methoxy groups -OCH3 is 2. The minimum Gasteiger partial charge on any atom is -0.493 e. The Morgan fingerprint density at radius 1 is 1.04 bits per heavy atom. The summed E-state index contributed by atoms with van der Waals surface area (Å²) < 4.78 is 11.9. The van der Waals surface area contributed by atoms with Gasteiger partial charge in [0.2, 0.25) is 0 Å². The van der Waals surface area contributed by atoms with E-state index in [1.54, 1.807) is 51.7 Å². The van der Waals surface area contributed by atoms with E-state index in [2.05, 4.69) is 5.32 Å². The van der Waals surface area contributed by atoms with Gasteiger partial charge in [0.15, 0.2) is 11.5 Å². The van der Waals surface area contributed by atoms with Crippen LogP contribution in [0.5, 0.6) is 11.5 Å². The average Bonchev–Trinajstić information content (AvgIpc) is 2.68. The van der Waals surface area contributed by atoms with Crippen LogP contribution in [0.15, 0.2) is 53.5 Å². The van der Waals surface area contributed by atoms with Crippen LogP contribution in [0, 0.1) is 0 Å². The van der Waals surface area contributed by atoms with E-state index in [1.165, 1.54) is 4.57 Å². The van der Waals surface area contributed by atoms with E-state index in [-0.39, 0.29) is 11.5 Å². The number of nitrogens with one attached hydrogen (secondary N) is 1. The Kier molecular flexibility index (Phi) is 4.93. The fraction of sp³-hybridized carbons (Fsp3) is 0.200. The maximum absolute atomic E-state index is 12.7. The summed E-state index contributed by atoms with van der Waals surface area (Å²) in [7, 11) is 4.78. The summed E-state index contributed by atoms with van der Waals surface area (Å²) in [5.41, 5.74) is 1.21. The van der Waals surface area contributed by atoms with Gasteiger partial charge in [0.1, 0.15) is 0 Å². The number of carbonyl (C=O) groups is 1. The van der Waals surface area contributed by atoms with E-state index in [0.29, 0.717) is 34.4 Å². The summed E-state index contributed by atoms with van der Waals surface area (Å²) in [6, 6.07) is 12.6. The quantitative estimate of drug-likeness (QED) is 0.766. The van der Waals surface area contributed by atoms with Gasteiger partial charge in [-0.2, -0.15) is 0 Å². The van der Waals surface area contributed by atoms with Gasteiger partial charge in [-0.3, -0.25) is 9.59 Å². The molecule has 26 heavy (non-hydrogen) atoms. The van der Waals surface area contributed by atoms with Gasteiger partial charge in [-0.05, 0) is 23.8 Å². The van der Waals surface area contributed by atoms with E-state index >= 15 is 0 Å². The number of carbonyl (C=O) groups excluding carboxylic acids is 1. The van der Waals surface area contributed by atoms with Crippen molar-refractivity contribution in [2.45, 2.75) is 6.54 Å². The normalized spacial score (nSPS) is 10.6. The molecule has 3 aromatic rings. The summed E-state index contributed by atoms with van der Waals surface area (Å²) in [5.74, 6) is 0.991. The number of amides is 1. The minimum atomic E-state index is -0.244. The maximum atomic E-state index is 12.7. The monoisotopic (exact) mass is 352 g/mol. The van der Waals surface area contributed by atoms with E-state index in [0.717, 1.165) is 5.56 Å². The standard InChI is InChI=1S/C20H20N2O4/c1-22-12-16(14-6-4-5-7-15(14)20(22)24)19(23)21-11-13-8-9-17(25-2)18(10-13)26-3/h4-10,12H,11H2,1-3H3,(H,21,23). The van der Waals surface area contributed by atoms with Crippen molar-refractivity contribution in [3.63, 3.8) is 0 Å². The van der Waals surface area contributed by atoms with Crippen molar-refractivity contribution >= 4 is 16.7 Å². The highest BCUT2D eigenvalue weighted by Crippen LogP contribution is 2.27. The van der Waals surface area contributed by atoms with Gasteiger partial charge in [0.05, 0.1) is 19.8 Å². The van der Waals surface area contributed by atoms with Gasteiger partial charge in [0, 0.05) is 30.6 Å². The summed E-state index contributed by atoms with van der Waals surface area (Å²) in [6.45, 7) is 0.330. The zero-order valence-electron chi connectivity index (χ0n) is 14.9. The first-order valence-corrected chi connectivity index (χ1v) is 8.12. The van der Waals surface area contributed by atoms with Crippen LogP contribution in [0.3, 0.4) is 0 Å². The highest BCUT2D eigenvalue weighted by atomic mass is 16.5. The lowest BCUT2D eigenvalue weighted by molar-refractivity contribution is 0.0952. The van der Waals surface area contributed by atoms with Crippen LogP contribution in [0.4, 0.5) is 0 Å². The number of benzene rings is 2. The van der Waals surface area contributed by atoms with E-state index in [4.69, 9.17) is 9.47 Å². The third-order valence-electron chi connectivity index (χ3n) is 4.24. The summed E-state index contributed by atoms with van der Waals surface area (Å²) >= 11 is 0. The second-order valence-electron chi connectivity index (χ2n) is 5.88. The molecule has 134 valence electrons. The molecule has 1 amide bonds. The lowest BCUT2D eigenvalue weighted by atomic mass is 10.1. The number of aromatic nitrogens is 1. The van der Waals surface area contributed by atoms with Gasteiger partial charge in [-0.15, -0.1) is 0 Å². The van der Waals surface area contributed by atoms with Crippen LogP contribution in [0.2, 0.25) is 0 Å². The molecule has 0 aliphatic carbocycles. The SMILES string of the molecule is COc1ccc(CNC(=O)c2cn(C)c(=O)c3ccccc23)cc1OC. The number of aryl methyl sites for hydroxylation is 1. The molecule has 1 N–H and O–H groups in total. The molecule has 0 atom stereocenters. The Hall–Kier alpha value is -3.28. The van der Waals surface area contributed by atoms with Gasteiger partial charge < -0.3 is 19.4 Å². The molecule has 6 heteroatoms. The van der Waals surface area contributed by atoms with Gasteiger partial charge in [0.25, 0.3) is 11.5 Å². The van der Waals surface area contributed by atoms with Crippen molar-refractivity contribution in [1.82, 2.24) is 9.88 Å². The second kappa shape index (κ2) is 7.31. The summed E-state index contributed by atoms with van der Waals surface area (Å²) in [6.07, 6.45) is 1.56. The minimum absolute atomic E-state index is 0.128. The Morgan fingerprint density at radius 3 is 2.42 bits per heavy atom. The van der Waals surface area contributed by atoms with Crippen LogP contribution >= 0.6 is 0 Å². The second-order valence-corrected chi connectivity index (χ2v) is 5.88. The van der Waals surface area contributed by atoms with Crippen molar-refractivity contribution in [3.8, 4) is 11.5 Å². The molecule has 0 saturated heterocycles. The number of fused-ring (bicyclic) bond motifs is 1. The molecular formula is C20H20N2O4. The third kappa shape index (κ3) is 3.26. The molecule has 0 unspecified atom stereocenters. The Labute approximate surface area is 151 Å². The highest BCUT2D eigenvalue weighted by molar-refractivity contribution is 6.06. The summed E-state index contributed by atoms with van der Waals surface area (Å²) in [4.78, 5) is 24.9. The molecule has 0 saturated carbocycles. The number of ether oxygens (including phenoxy) is 2. The van der Waals surface area contributed by atoms with E-state index in [1.807, 2.05) is 18.2 Å². The van der Waals surface area contributed by atoms with E-state index < -0.39 is 0 Å². The van der Waals surface area contributed by atoms with E-state index in [9.17, 15) is 9.59 Å². The largest absolute Gasteiger partial charge is 0.493 e. The van der Waals surface area contributed by atoms with Crippen molar-refractivity contribution in [3.05, 3.63) is 70.1 Å². The Balaban J connectivity index is 1.87. The van der Waals surface area contributed by atoms with Crippen molar-refractivity contribution in [2.24, 2.45) is 7.05 Å². The number of hydrogen-bond acceptors (Lipinski definition) is 4. The zero-order valence-corrected chi connectivity index (χ0v) is 14.9. The number of rotatable bonds is 5. The van der Waals surface area contributed by atoms with Gasteiger partial charge in [-0.1, -0.05) is 24.3 Å². The Morgan fingerprint density at radius 2 is 1.73 bits per heavy atom. The van der Waals surface area contributed by atoms with Crippen molar-refractivity contribution in [1.29, 1.82) is 0 Å². The molecule has 3 rings (SSSR count). The van der Waals surface area contributed by atoms with Crippen molar-refractivity contribution in [2.75, 3.05) is 14.2 Å². The van der Waals surface area contributed by atoms with Crippen LogP contribution < -0.4 is 20.3 Å². The molecule has 1 heterocycles. The third-order valence-corrected chi connectivity index (χ3v) is 4.24. The molecule has 0 bridgehead atoms. The predicted octanol–water partition coefficient (Wildman–Crippen LogP) is 2.49. The smallest absolute Gasteiger partial charge is 0.258 e. The van der Waals surface area contributed by atoms with Gasteiger partial charge >= 0.3 is 0 Å². The maximum Gasteiger partial charge on any atom is 0.258 e. The Bertz CT molecular complexity index is 1020. The topological polar surface area (TPSA) is 69.6 Å². The fourth-order valence-electron chi connectivity index (χ4n) is 2.87. The first-order chi connectivity index (χ1) is 12.5. The summed E-state index contributed by atoms with van der Waals surface area (Å²) in [5, 5.41) is 4.05. The van der Waals surface area contributed by atoms with Crippen LogP contribution in [-0.2, 0) is 13.6 Å². The highest BCUT2D eigenvalue weighted by Gasteiger charge is 2.13. The predicted molar refractivity (Wildman–Crippen MR) is 99.9 cm³/mol. The molecule has 0 aliphatic rings.